The van der Waals surface area contributed by atoms with Crippen LogP contribution in [-0.4, -0.2) is 10.9 Å². The van der Waals surface area contributed by atoms with Crippen LogP contribution in [0.3, 0.4) is 0 Å². The zero-order valence-electron chi connectivity index (χ0n) is 15.6. The molecule has 0 spiro atoms. The molecule has 1 aromatic heterocycles. The zero-order valence-corrected chi connectivity index (χ0v) is 16.4. The Morgan fingerprint density at radius 2 is 1.81 bits per heavy atom. The molecule has 0 unspecified atom stereocenters. The van der Waals surface area contributed by atoms with E-state index in [1.807, 2.05) is 52.8 Å². The molecular formula is C21H22ClN3O. The highest BCUT2D eigenvalue weighted by Crippen LogP contribution is 2.31. The largest absolute Gasteiger partial charge is 0.324 e. The van der Waals surface area contributed by atoms with Gasteiger partial charge in [0.1, 0.15) is 11.2 Å². The van der Waals surface area contributed by atoms with E-state index in [-0.39, 0.29) is 16.6 Å². The Balaban J connectivity index is 2.59. The Morgan fingerprint density at radius 3 is 2.31 bits per heavy atom. The molecule has 0 fully saturated rings. The van der Waals surface area contributed by atoms with E-state index in [1.54, 1.807) is 12.1 Å². The standard InChI is InChI=1S/C21H22ClN3O/c1-13-9-14(2)11-15(10-13)17(12-23)18(21(3,4)5)25-20(26)16-7-6-8-24-19(16)22/h6-11H,1-5H3,(H,25,26)/b18-17-. The van der Waals surface area contributed by atoms with Gasteiger partial charge in [0.15, 0.2) is 0 Å². The lowest BCUT2D eigenvalue weighted by atomic mass is 9.86. The summed E-state index contributed by atoms with van der Waals surface area (Å²) in [7, 11) is 0. The maximum atomic E-state index is 12.7. The molecule has 0 aliphatic rings. The molecule has 1 N–H and O–H groups in total. The molecule has 0 bridgehead atoms. The van der Waals surface area contributed by atoms with E-state index in [0.717, 1.165) is 16.7 Å². The zero-order chi connectivity index (χ0) is 19.5. The Morgan fingerprint density at radius 1 is 1.19 bits per heavy atom. The summed E-state index contributed by atoms with van der Waals surface area (Å²) in [5.41, 5.74) is 3.71. The molecule has 5 heteroatoms. The van der Waals surface area contributed by atoms with Gasteiger partial charge in [-0.3, -0.25) is 4.79 Å². The monoisotopic (exact) mass is 367 g/mol. The van der Waals surface area contributed by atoms with Crippen LogP contribution in [0.2, 0.25) is 5.15 Å². The van der Waals surface area contributed by atoms with Gasteiger partial charge in [-0.1, -0.05) is 61.7 Å². The number of nitrogens with one attached hydrogen (secondary N) is 1. The maximum Gasteiger partial charge on any atom is 0.258 e. The third-order valence-electron chi connectivity index (χ3n) is 3.86. The third-order valence-corrected chi connectivity index (χ3v) is 4.17. The normalized spacial score (nSPS) is 12.2. The number of benzene rings is 1. The molecule has 2 rings (SSSR count). The molecule has 1 heterocycles. The highest BCUT2D eigenvalue weighted by molar-refractivity contribution is 6.32. The van der Waals surface area contributed by atoms with Crippen molar-refractivity contribution < 1.29 is 4.79 Å². The van der Waals surface area contributed by atoms with Crippen LogP contribution in [0.25, 0.3) is 5.57 Å². The molecule has 2 aromatic rings. The quantitative estimate of drug-likeness (QED) is 0.608. The molecule has 0 atom stereocenters. The highest BCUT2D eigenvalue weighted by atomic mass is 35.5. The lowest BCUT2D eigenvalue weighted by molar-refractivity contribution is 0.0958. The van der Waals surface area contributed by atoms with Gasteiger partial charge in [-0.05, 0) is 31.5 Å². The van der Waals surface area contributed by atoms with Crippen LogP contribution in [0.15, 0.2) is 42.2 Å². The fourth-order valence-electron chi connectivity index (χ4n) is 2.75. The first-order valence-electron chi connectivity index (χ1n) is 8.29. The van der Waals surface area contributed by atoms with E-state index < -0.39 is 5.41 Å². The third kappa shape index (κ3) is 4.50. The van der Waals surface area contributed by atoms with Crippen molar-refractivity contribution in [1.29, 1.82) is 5.26 Å². The van der Waals surface area contributed by atoms with E-state index in [0.29, 0.717) is 11.3 Å². The predicted octanol–water partition coefficient (Wildman–Crippen LogP) is 5.06. The van der Waals surface area contributed by atoms with Crippen molar-refractivity contribution in [2.75, 3.05) is 0 Å². The average molecular weight is 368 g/mol. The minimum absolute atomic E-state index is 0.128. The summed E-state index contributed by atoms with van der Waals surface area (Å²) >= 11 is 6.04. The molecule has 26 heavy (non-hydrogen) atoms. The van der Waals surface area contributed by atoms with E-state index in [4.69, 9.17) is 11.6 Å². The number of aromatic nitrogens is 1. The van der Waals surface area contributed by atoms with Crippen molar-refractivity contribution in [3.05, 3.63) is 69.6 Å². The summed E-state index contributed by atoms with van der Waals surface area (Å²) in [6.45, 7) is 9.82. The highest BCUT2D eigenvalue weighted by Gasteiger charge is 2.26. The lowest BCUT2D eigenvalue weighted by Gasteiger charge is -2.26. The summed E-state index contributed by atoms with van der Waals surface area (Å²) in [5, 5.41) is 12.9. The predicted molar refractivity (Wildman–Crippen MR) is 105 cm³/mol. The van der Waals surface area contributed by atoms with E-state index in [2.05, 4.69) is 16.4 Å². The van der Waals surface area contributed by atoms with Gasteiger partial charge in [0.25, 0.3) is 5.91 Å². The van der Waals surface area contributed by atoms with E-state index >= 15 is 0 Å². The SMILES string of the molecule is Cc1cc(C)cc(/C(C#N)=C(\NC(=O)c2cccnc2Cl)C(C)(C)C)c1. The van der Waals surface area contributed by atoms with Crippen molar-refractivity contribution >= 4 is 23.1 Å². The van der Waals surface area contributed by atoms with Crippen molar-refractivity contribution in [2.24, 2.45) is 5.41 Å². The fraction of sp³-hybridized carbons (Fsp3) is 0.286. The number of amides is 1. The number of aryl methyl sites for hydroxylation is 2. The Hall–Kier alpha value is -2.64. The van der Waals surface area contributed by atoms with Crippen molar-refractivity contribution in [3.8, 4) is 6.07 Å². The number of carbonyl (C=O) groups is 1. The fourth-order valence-corrected chi connectivity index (χ4v) is 2.95. The number of carbonyl (C=O) groups excluding carboxylic acids is 1. The Bertz CT molecular complexity index is 897. The molecule has 0 saturated heterocycles. The van der Waals surface area contributed by atoms with Crippen LogP contribution in [0, 0.1) is 30.6 Å². The second-order valence-electron chi connectivity index (χ2n) is 7.28. The average Bonchev–Trinajstić information content (AvgIpc) is 2.53. The number of rotatable bonds is 3. The summed E-state index contributed by atoms with van der Waals surface area (Å²) in [6.07, 6.45) is 1.52. The van der Waals surface area contributed by atoms with Crippen LogP contribution >= 0.6 is 11.6 Å². The van der Waals surface area contributed by atoms with Crippen LogP contribution in [0.4, 0.5) is 0 Å². The number of halogens is 1. The molecule has 1 aromatic carbocycles. The van der Waals surface area contributed by atoms with E-state index in [1.165, 1.54) is 6.20 Å². The van der Waals surface area contributed by atoms with Gasteiger partial charge < -0.3 is 5.32 Å². The molecule has 0 saturated carbocycles. The number of pyridine rings is 1. The molecule has 1 amide bonds. The number of hydrogen-bond donors (Lipinski definition) is 1. The van der Waals surface area contributed by atoms with Gasteiger partial charge >= 0.3 is 0 Å². The van der Waals surface area contributed by atoms with Crippen LogP contribution in [-0.2, 0) is 0 Å². The molecule has 0 radical (unpaired) electrons. The molecule has 4 nitrogen and oxygen atoms in total. The van der Waals surface area contributed by atoms with Gasteiger partial charge in [-0.15, -0.1) is 0 Å². The second-order valence-corrected chi connectivity index (χ2v) is 7.64. The van der Waals surface area contributed by atoms with Crippen LogP contribution < -0.4 is 5.32 Å². The maximum absolute atomic E-state index is 12.7. The second kappa shape index (κ2) is 7.72. The first kappa shape index (κ1) is 19.7. The van der Waals surface area contributed by atoms with Gasteiger partial charge in [0, 0.05) is 17.3 Å². The number of hydrogen-bond acceptors (Lipinski definition) is 3. The minimum atomic E-state index is -0.451. The Labute approximate surface area is 159 Å². The molecule has 0 aliphatic carbocycles. The van der Waals surface area contributed by atoms with Crippen LogP contribution in [0.5, 0.6) is 0 Å². The smallest absolute Gasteiger partial charge is 0.258 e. The van der Waals surface area contributed by atoms with Gasteiger partial charge in [-0.25, -0.2) is 4.98 Å². The molecular weight excluding hydrogens is 346 g/mol. The van der Waals surface area contributed by atoms with Crippen LogP contribution in [0.1, 0.15) is 47.8 Å². The summed E-state index contributed by atoms with van der Waals surface area (Å²) in [6, 6.07) is 11.5. The summed E-state index contributed by atoms with van der Waals surface area (Å²) in [4.78, 5) is 16.7. The van der Waals surface area contributed by atoms with Gasteiger partial charge in [0.2, 0.25) is 0 Å². The van der Waals surface area contributed by atoms with Crippen molar-refractivity contribution in [2.45, 2.75) is 34.6 Å². The molecule has 0 aliphatic heterocycles. The number of nitrogens with zero attached hydrogens (tertiary/aromatic N) is 2. The number of allylic oxidation sites excluding steroid dienone is 2. The summed E-state index contributed by atoms with van der Waals surface area (Å²) < 4.78 is 0. The van der Waals surface area contributed by atoms with Crippen molar-refractivity contribution in [3.63, 3.8) is 0 Å². The minimum Gasteiger partial charge on any atom is -0.324 e. The van der Waals surface area contributed by atoms with Gasteiger partial charge in [-0.2, -0.15) is 5.26 Å². The first-order chi connectivity index (χ1) is 12.1. The summed E-state index contributed by atoms with van der Waals surface area (Å²) in [5.74, 6) is -0.384. The van der Waals surface area contributed by atoms with E-state index in [9.17, 15) is 10.1 Å². The Kier molecular flexibility index (Phi) is 5.84. The number of nitriles is 1. The van der Waals surface area contributed by atoms with Crippen molar-refractivity contribution in [1.82, 2.24) is 10.3 Å². The lowest BCUT2D eigenvalue weighted by Crippen LogP contribution is -2.31. The topological polar surface area (TPSA) is 65.8 Å². The molecule has 134 valence electrons. The van der Waals surface area contributed by atoms with Gasteiger partial charge in [0.05, 0.1) is 11.1 Å². The first-order valence-corrected chi connectivity index (χ1v) is 8.66.